The topological polar surface area (TPSA) is 0 Å². The van der Waals surface area contributed by atoms with Gasteiger partial charge in [-0.15, -0.1) is 0 Å². The maximum atomic E-state index is 2.56. The van der Waals surface area contributed by atoms with Crippen LogP contribution in [0.15, 0.2) is 66.3 Å². The van der Waals surface area contributed by atoms with E-state index >= 15 is 0 Å². The molecule has 5 rings (SSSR count). The molecular formula is C26H28. The summed E-state index contributed by atoms with van der Waals surface area (Å²) in [4.78, 5) is 0. The Morgan fingerprint density at radius 3 is 2.50 bits per heavy atom. The minimum atomic E-state index is 0.178. The summed E-state index contributed by atoms with van der Waals surface area (Å²) in [5.74, 6) is 0.776. The first kappa shape index (κ1) is 16.1. The molecule has 0 aromatic heterocycles. The first-order valence-corrected chi connectivity index (χ1v) is 10.4. The molecule has 0 bridgehead atoms. The molecule has 1 unspecified atom stereocenters. The molecule has 0 radical (unpaired) electrons. The third-order valence-electron chi connectivity index (χ3n) is 7.27. The number of rotatable bonds is 3. The smallest absolute Gasteiger partial charge is 0.0171 e. The lowest BCUT2D eigenvalue weighted by Gasteiger charge is -2.43. The van der Waals surface area contributed by atoms with E-state index in [1.54, 1.807) is 16.7 Å². The fraction of sp³-hybridized carbons (Fsp3) is 0.385. The second kappa shape index (κ2) is 6.27. The lowest BCUT2D eigenvalue weighted by Crippen LogP contribution is -2.36. The molecule has 0 spiro atoms. The zero-order valence-corrected chi connectivity index (χ0v) is 15.8. The quantitative estimate of drug-likeness (QED) is 0.482. The number of hydrogen-bond acceptors (Lipinski definition) is 0. The van der Waals surface area contributed by atoms with Crippen LogP contribution in [0.5, 0.6) is 0 Å². The van der Waals surface area contributed by atoms with Crippen molar-refractivity contribution in [2.45, 2.75) is 57.3 Å². The molecule has 26 heavy (non-hydrogen) atoms. The van der Waals surface area contributed by atoms with Crippen LogP contribution in [0.4, 0.5) is 0 Å². The van der Waals surface area contributed by atoms with Gasteiger partial charge in [-0.3, -0.25) is 0 Å². The average molecular weight is 341 g/mol. The van der Waals surface area contributed by atoms with Crippen molar-refractivity contribution in [3.8, 4) is 11.1 Å². The van der Waals surface area contributed by atoms with Gasteiger partial charge in [0.25, 0.3) is 0 Å². The van der Waals surface area contributed by atoms with Gasteiger partial charge in [0.1, 0.15) is 0 Å². The minimum Gasteiger partial charge on any atom is -0.0804 e. The molecule has 0 heterocycles. The molecule has 0 N–H and O–H groups in total. The van der Waals surface area contributed by atoms with Crippen LogP contribution in [0, 0.1) is 5.92 Å². The van der Waals surface area contributed by atoms with Crippen LogP contribution in [0.1, 0.15) is 62.1 Å². The van der Waals surface area contributed by atoms with Gasteiger partial charge in [0, 0.05) is 5.41 Å². The zero-order valence-electron chi connectivity index (χ0n) is 15.8. The third-order valence-corrected chi connectivity index (χ3v) is 7.27. The Labute approximate surface area is 157 Å². The first-order valence-electron chi connectivity index (χ1n) is 10.4. The van der Waals surface area contributed by atoms with Gasteiger partial charge >= 0.3 is 0 Å². The maximum Gasteiger partial charge on any atom is 0.0171 e. The van der Waals surface area contributed by atoms with Gasteiger partial charge in [0.05, 0.1) is 0 Å². The van der Waals surface area contributed by atoms with Crippen molar-refractivity contribution in [3.05, 3.63) is 83.0 Å². The van der Waals surface area contributed by atoms with Gasteiger partial charge in [0.2, 0.25) is 0 Å². The highest BCUT2D eigenvalue weighted by Gasteiger charge is 2.42. The van der Waals surface area contributed by atoms with Crippen LogP contribution in [-0.2, 0) is 11.8 Å². The van der Waals surface area contributed by atoms with Crippen molar-refractivity contribution in [2.75, 3.05) is 0 Å². The van der Waals surface area contributed by atoms with Crippen molar-refractivity contribution >= 4 is 0 Å². The molecule has 1 atom stereocenters. The predicted octanol–water partition coefficient (Wildman–Crippen LogP) is 6.98. The van der Waals surface area contributed by atoms with E-state index < -0.39 is 0 Å². The summed E-state index contributed by atoms with van der Waals surface area (Å²) in [6.07, 6.45) is 16.2. The van der Waals surface area contributed by atoms with Gasteiger partial charge in [-0.2, -0.15) is 0 Å². The van der Waals surface area contributed by atoms with Crippen LogP contribution in [0.3, 0.4) is 0 Å². The van der Waals surface area contributed by atoms with E-state index in [0.29, 0.717) is 0 Å². The molecule has 0 saturated heterocycles. The SMILES string of the molecule is CC(C1=CC=CC1)(c1cccc2c1Cc1ccccc1-2)C1CCCCC1. The van der Waals surface area contributed by atoms with Crippen molar-refractivity contribution in [1.82, 2.24) is 0 Å². The Bertz CT molecular complexity index is 892. The van der Waals surface area contributed by atoms with Crippen molar-refractivity contribution in [2.24, 2.45) is 5.92 Å². The molecule has 1 saturated carbocycles. The van der Waals surface area contributed by atoms with Crippen LogP contribution in [-0.4, -0.2) is 0 Å². The number of hydrogen-bond donors (Lipinski definition) is 0. The highest BCUT2D eigenvalue weighted by Crippen LogP contribution is 2.51. The van der Waals surface area contributed by atoms with Crippen LogP contribution < -0.4 is 0 Å². The predicted molar refractivity (Wildman–Crippen MR) is 110 cm³/mol. The third kappa shape index (κ3) is 2.35. The molecular weight excluding hydrogens is 312 g/mol. The van der Waals surface area contributed by atoms with Crippen molar-refractivity contribution in [3.63, 3.8) is 0 Å². The molecule has 1 fully saturated rings. The van der Waals surface area contributed by atoms with E-state index in [4.69, 9.17) is 0 Å². The lowest BCUT2D eigenvalue weighted by atomic mass is 9.61. The highest BCUT2D eigenvalue weighted by molar-refractivity contribution is 5.78. The maximum absolute atomic E-state index is 2.56. The van der Waals surface area contributed by atoms with E-state index in [1.807, 2.05) is 0 Å². The van der Waals surface area contributed by atoms with E-state index in [9.17, 15) is 0 Å². The number of allylic oxidation sites excluding steroid dienone is 4. The first-order chi connectivity index (χ1) is 12.8. The van der Waals surface area contributed by atoms with Gasteiger partial charge < -0.3 is 0 Å². The second-order valence-corrected chi connectivity index (χ2v) is 8.53. The molecule has 132 valence electrons. The summed E-state index contributed by atoms with van der Waals surface area (Å²) >= 11 is 0. The lowest BCUT2D eigenvalue weighted by molar-refractivity contribution is 0.248. The highest BCUT2D eigenvalue weighted by atomic mass is 14.5. The minimum absolute atomic E-state index is 0.178. The second-order valence-electron chi connectivity index (χ2n) is 8.53. The normalized spacial score (nSPS) is 21.2. The van der Waals surface area contributed by atoms with E-state index in [2.05, 4.69) is 67.6 Å². The number of fused-ring (bicyclic) bond motifs is 3. The van der Waals surface area contributed by atoms with Gasteiger partial charge in [-0.1, -0.05) is 92.5 Å². The summed E-state index contributed by atoms with van der Waals surface area (Å²) in [5.41, 5.74) is 9.44. The van der Waals surface area contributed by atoms with Gasteiger partial charge in [0.15, 0.2) is 0 Å². The summed E-state index contributed by atoms with van der Waals surface area (Å²) in [7, 11) is 0. The molecule has 3 aliphatic rings. The summed E-state index contributed by atoms with van der Waals surface area (Å²) < 4.78 is 0. The molecule has 0 heteroatoms. The van der Waals surface area contributed by atoms with Crippen LogP contribution in [0.25, 0.3) is 11.1 Å². The fourth-order valence-electron chi connectivity index (χ4n) is 5.81. The molecule has 0 amide bonds. The largest absolute Gasteiger partial charge is 0.0804 e. The zero-order chi connectivity index (χ0) is 17.6. The van der Waals surface area contributed by atoms with Crippen LogP contribution >= 0.6 is 0 Å². The Kier molecular flexibility index (Phi) is 3.89. The standard InChI is InChI=1S/C26H28/c1-26(21-13-6-7-14-21,20-11-3-2-4-12-20)25-17-9-16-23-22-15-8-5-10-19(22)18-24(23)25/h5-10,13,15-17,20H,2-4,11-12,14,18H2,1H3. The molecule has 2 aromatic rings. The Morgan fingerprint density at radius 1 is 0.885 bits per heavy atom. The fourth-order valence-corrected chi connectivity index (χ4v) is 5.81. The summed E-state index contributed by atoms with van der Waals surface area (Å²) in [5, 5.41) is 0. The van der Waals surface area contributed by atoms with E-state index in [1.165, 1.54) is 48.8 Å². The van der Waals surface area contributed by atoms with Crippen LogP contribution in [0.2, 0.25) is 0 Å². The molecule has 0 aliphatic heterocycles. The van der Waals surface area contributed by atoms with E-state index in [0.717, 1.165) is 18.8 Å². The van der Waals surface area contributed by atoms with Gasteiger partial charge in [-0.05, 0) is 59.4 Å². The Morgan fingerprint density at radius 2 is 1.69 bits per heavy atom. The Hall–Kier alpha value is -2.08. The van der Waals surface area contributed by atoms with E-state index in [-0.39, 0.29) is 5.41 Å². The van der Waals surface area contributed by atoms with Gasteiger partial charge in [-0.25, -0.2) is 0 Å². The van der Waals surface area contributed by atoms with Crippen molar-refractivity contribution < 1.29 is 0 Å². The molecule has 0 nitrogen and oxygen atoms in total. The number of benzene rings is 2. The average Bonchev–Trinajstić information content (AvgIpc) is 3.36. The molecule has 3 aliphatic carbocycles. The molecule has 2 aromatic carbocycles. The summed E-state index contributed by atoms with van der Waals surface area (Å²) in [6, 6.07) is 16.1. The Balaban J connectivity index is 1.67. The monoisotopic (exact) mass is 340 g/mol. The van der Waals surface area contributed by atoms with Crippen molar-refractivity contribution in [1.29, 1.82) is 0 Å². The summed E-state index contributed by atoms with van der Waals surface area (Å²) in [6.45, 7) is 2.56.